The number of benzene rings is 1. The molecular weight excluding hydrogens is 359 g/mol. The van der Waals surface area contributed by atoms with Crippen LogP contribution in [0.4, 0.5) is 0 Å². The molecule has 8 fully saturated rings. The van der Waals surface area contributed by atoms with Crippen molar-refractivity contribution in [2.75, 3.05) is 0 Å². The molecule has 0 N–H and O–H groups in total. The minimum absolute atomic E-state index is 0.161. The van der Waals surface area contributed by atoms with Gasteiger partial charge in [-0.25, -0.2) is 0 Å². The van der Waals surface area contributed by atoms with Gasteiger partial charge < -0.3 is 4.57 Å². The monoisotopic (exact) mass is 394 g/mol. The van der Waals surface area contributed by atoms with Crippen LogP contribution >= 0.6 is 7.14 Å². The van der Waals surface area contributed by atoms with E-state index < -0.39 is 7.14 Å². The molecule has 0 atom stereocenters. The van der Waals surface area contributed by atoms with Crippen LogP contribution in [0.3, 0.4) is 0 Å². The summed E-state index contributed by atoms with van der Waals surface area (Å²) in [7, 11) is -2.47. The van der Waals surface area contributed by atoms with Crippen molar-refractivity contribution in [3.8, 4) is 0 Å². The van der Waals surface area contributed by atoms with Gasteiger partial charge in [-0.3, -0.25) is 0 Å². The molecule has 8 aliphatic carbocycles. The fourth-order valence-corrected chi connectivity index (χ4v) is 16.4. The van der Waals surface area contributed by atoms with E-state index >= 15 is 4.57 Å². The summed E-state index contributed by atoms with van der Waals surface area (Å²) in [5.74, 6) is 5.32. The predicted octanol–water partition coefficient (Wildman–Crippen LogP) is 6.61. The third-order valence-corrected chi connectivity index (χ3v) is 15.3. The van der Waals surface area contributed by atoms with Gasteiger partial charge in [0, 0.05) is 15.6 Å². The first-order valence-electron chi connectivity index (χ1n) is 12.2. The van der Waals surface area contributed by atoms with Gasteiger partial charge in [0.1, 0.15) is 7.14 Å². The summed E-state index contributed by atoms with van der Waals surface area (Å²) < 4.78 is 15.9. The summed E-state index contributed by atoms with van der Waals surface area (Å²) in [6.45, 7) is 0. The fraction of sp³-hybridized carbons (Fsp3) is 0.769. The van der Waals surface area contributed by atoms with Crippen LogP contribution in [-0.4, -0.2) is 10.3 Å². The molecule has 0 heterocycles. The van der Waals surface area contributed by atoms with Crippen LogP contribution in [0.1, 0.15) is 77.0 Å². The van der Waals surface area contributed by atoms with Crippen molar-refractivity contribution in [2.24, 2.45) is 35.5 Å². The van der Waals surface area contributed by atoms with Gasteiger partial charge >= 0.3 is 0 Å². The third kappa shape index (κ3) is 2.08. The highest BCUT2D eigenvalue weighted by Gasteiger charge is 2.68. The van der Waals surface area contributed by atoms with Crippen molar-refractivity contribution in [3.05, 3.63) is 30.3 Å². The zero-order valence-corrected chi connectivity index (χ0v) is 18.1. The average molecular weight is 395 g/mol. The van der Waals surface area contributed by atoms with Gasteiger partial charge in [-0.2, -0.15) is 0 Å². The maximum atomic E-state index is 15.9. The lowest BCUT2D eigenvalue weighted by Crippen LogP contribution is -2.59. The van der Waals surface area contributed by atoms with E-state index in [-0.39, 0.29) is 10.3 Å². The zero-order chi connectivity index (χ0) is 18.6. The van der Waals surface area contributed by atoms with E-state index in [2.05, 4.69) is 30.3 Å². The summed E-state index contributed by atoms with van der Waals surface area (Å²) in [5, 5.41) is 1.61. The third-order valence-electron chi connectivity index (χ3n) is 10.5. The molecular formula is C26H35OP. The van der Waals surface area contributed by atoms with Gasteiger partial charge in [-0.15, -0.1) is 0 Å². The lowest BCUT2D eigenvalue weighted by Gasteiger charge is -2.66. The summed E-state index contributed by atoms with van der Waals surface area (Å²) >= 11 is 0. The molecule has 0 unspecified atom stereocenters. The van der Waals surface area contributed by atoms with E-state index in [0.717, 1.165) is 35.5 Å². The van der Waals surface area contributed by atoms with Crippen LogP contribution in [0, 0.1) is 35.5 Å². The topological polar surface area (TPSA) is 17.1 Å². The SMILES string of the molecule is O=P(c1ccccc1)(C12CC3CC(CC(C3)C1)C2)C12CC3CC(CC(C3)C1)C2. The summed E-state index contributed by atoms with van der Waals surface area (Å²) in [6.07, 6.45) is 16.5. The van der Waals surface area contributed by atoms with Crippen molar-refractivity contribution in [3.63, 3.8) is 0 Å². The summed E-state index contributed by atoms with van der Waals surface area (Å²) in [4.78, 5) is 0. The summed E-state index contributed by atoms with van der Waals surface area (Å²) in [6, 6.07) is 11.1. The Hall–Kier alpha value is -0.550. The number of hydrogen-bond donors (Lipinski definition) is 0. The lowest BCUT2D eigenvalue weighted by molar-refractivity contribution is 0.0145. The van der Waals surface area contributed by atoms with Gasteiger partial charge in [-0.05, 0) is 113 Å². The minimum atomic E-state index is -2.47. The average Bonchev–Trinajstić information content (AvgIpc) is 2.66. The minimum Gasteiger partial charge on any atom is -0.317 e. The van der Waals surface area contributed by atoms with E-state index in [1.807, 2.05) is 0 Å². The van der Waals surface area contributed by atoms with Gasteiger partial charge in [0.15, 0.2) is 0 Å². The standard InChI is InChI=1S/C26H35OP/c27-28(24-4-2-1-3-5-24,25-12-18-6-19(13-25)8-20(7-18)14-25)26-15-21-9-22(16-26)11-23(10-21)17-26/h1-5,18-23H,6-17H2. The second-order valence-electron chi connectivity index (χ2n) is 12.2. The maximum absolute atomic E-state index is 15.9. The molecule has 28 heavy (non-hydrogen) atoms. The maximum Gasteiger partial charge on any atom is 0.127 e. The second-order valence-corrected chi connectivity index (χ2v) is 15.9. The van der Waals surface area contributed by atoms with E-state index in [4.69, 9.17) is 0 Å². The van der Waals surface area contributed by atoms with Crippen LogP contribution in [0.25, 0.3) is 0 Å². The Bertz CT molecular complexity index is 721. The molecule has 9 rings (SSSR count). The molecule has 150 valence electrons. The molecule has 0 spiro atoms. The smallest absolute Gasteiger partial charge is 0.127 e. The zero-order valence-electron chi connectivity index (χ0n) is 17.2. The molecule has 1 aromatic rings. The van der Waals surface area contributed by atoms with Gasteiger partial charge in [0.2, 0.25) is 0 Å². The Morgan fingerprint density at radius 1 is 0.571 bits per heavy atom. The number of rotatable bonds is 3. The first-order chi connectivity index (χ1) is 13.6. The van der Waals surface area contributed by atoms with Crippen molar-refractivity contribution in [1.82, 2.24) is 0 Å². The van der Waals surface area contributed by atoms with Crippen LogP contribution in [0.15, 0.2) is 30.3 Å². The first-order valence-corrected chi connectivity index (χ1v) is 13.9. The van der Waals surface area contributed by atoms with E-state index in [1.54, 1.807) is 0 Å². The molecule has 1 aromatic carbocycles. The Balaban J connectivity index is 1.43. The summed E-state index contributed by atoms with van der Waals surface area (Å²) in [5.41, 5.74) is 0. The normalized spacial score (nSPS) is 52.7. The van der Waals surface area contributed by atoms with Crippen molar-refractivity contribution >= 4 is 12.4 Å². The molecule has 0 aromatic heterocycles. The fourth-order valence-electron chi connectivity index (χ4n) is 10.6. The highest BCUT2D eigenvalue weighted by molar-refractivity contribution is 7.74. The molecule has 0 amide bonds. The molecule has 8 bridgehead atoms. The van der Waals surface area contributed by atoms with E-state index in [0.29, 0.717) is 0 Å². The van der Waals surface area contributed by atoms with Gasteiger partial charge in [0.25, 0.3) is 0 Å². The Morgan fingerprint density at radius 2 is 0.893 bits per heavy atom. The van der Waals surface area contributed by atoms with Gasteiger partial charge in [-0.1, -0.05) is 30.3 Å². The Morgan fingerprint density at radius 3 is 1.21 bits per heavy atom. The van der Waals surface area contributed by atoms with Crippen LogP contribution in [0.5, 0.6) is 0 Å². The van der Waals surface area contributed by atoms with Crippen molar-refractivity contribution < 1.29 is 4.57 Å². The second kappa shape index (κ2) is 5.57. The largest absolute Gasteiger partial charge is 0.317 e. The highest BCUT2D eigenvalue weighted by Crippen LogP contribution is 2.82. The van der Waals surface area contributed by atoms with Crippen molar-refractivity contribution in [2.45, 2.75) is 87.4 Å². The Labute approximate surface area is 170 Å². The van der Waals surface area contributed by atoms with E-state index in [1.165, 1.54) is 82.4 Å². The highest BCUT2D eigenvalue weighted by atomic mass is 31.2. The quantitative estimate of drug-likeness (QED) is 0.527. The number of hydrogen-bond acceptors (Lipinski definition) is 1. The molecule has 8 aliphatic rings. The lowest BCUT2D eigenvalue weighted by atomic mass is 9.55. The Kier molecular flexibility index (Phi) is 3.42. The molecule has 0 radical (unpaired) electrons. The molecule has 2 heteroatoms. The van der Waals surface area contributed by atoms with Gasteiger partial charge in [0.05, 0.1) is 0 Å². The van der Waals surface area contributed by atoms with E-state index in [9.17, 15) is 0 Å². The first kappa shape index (κ1) is 17.2. The van der Waals surface area contributed by atoms with Crippen LogP contribution < -0.4 is 5.30 Å². The predicted molar refractivity (Wildman–Crippen MR) is 115 cm³/mol. The molecule has 0 aliphatic heterocycles. The van der Waals surface area contributed by atoms with Crippen LogP contribution in [0.2, 0.25) is 0 Å². The molecule has 8 saturated carbocycles. The van der Waals surface area contributed by atoms with Crippen LogP contribution in [-0.2, 0) is 4.57 Å². The van der Waals surface area contributed by atoms with Crippen molar-refractivity contribution in [1.29, 1.82) is 0 Å². The molecule has 0 saturated heterocycles. The molecule has 1 nitrogen and oxygen atoms in total.